The number of ether oxygens (including phenoxy) is 1. The van der Waals surface area contributed by atoms with Crippen molar-refractivity contribution in [3.63, 3.8) is 0 Å². The van der Waals surface area contributed by atoms with E-state index in [-0.39, 0.29) is 12.4 Å². The maximum Gasteiger partial charge on any atom is 0.500 e. The van der Waals surface area contributed by atoms with Crippen LogP contribution in [-0.4, -0.2) is 42.7 Å². The topological polar surface area (TPSA) is 54.0 Å². The van der Waals surface area contributed by atoms with Gasteiger partial charge in [0.15, 0.2) is 0 Å². The van der Waals surface area contributed by atoms with Gasteiger partial charge in [-0.25, -0.2) is 0 Å². The highest BCUT2D eigenvalue weighted by molar-refractivity contribution is 6.60. The molecular formula is C10H20O5Si. The average Bonchev–Trinajstić information content (AvgIpc) is 2.31. The molecule has 0 saturated heterocycles. The van der Waals surface area contributed by atoms with Gasteiger partial charge in [0.25, 0.3) is 0 Å². The van der Waals surface area contributed by atoms with E-state index in [1.54, 1.807) is 21.3 Å². The van der Waals surface area contributed by atoms with Crippen molar-refractivity contribution in [1.29, 1.82) is 0 Å². The van der Waals surface area contributed by atoms with Gasteiger partial charge in [-0.3, -0.25) is 4.79 Å². The summed E-state index contributed by atoms with van der Waals surface area (Å²) in [5.74, 6) is -0.269. The molecule has 5 nitrogen and oxygen atoms in total. The van der Waals surface area contributed by atoms with Crippen molar-refractivity contribution in [3.05, 3.63) is 12.7 Å². The van der Waals surface area contributed by atoms with Gasteiger partial charge in [0, 0.05) is 27.4 Å². The van der Waals surface area contributed by atoms with Crippen LogP contribution in [0, 0.1) is 0 Å². The third-order valence-electron chi connectivity index (χ3n) is 2.13. The lowest BCUT2D eigenvalue weighted by atomic mass is 10.4. The van der Waals surface area contributed by atoms with Crippen LogP contribution in [0.1, 0.15) is 12.8 Å². The quantitative estimate of drug-likeness (QED) is 0.267. The average molecular weight is 248 g/mol. The minimum Gasteiger partial charge on any atom is -0.465 e. The molecule has 0 radical (unpaired) electrons. The highest BCUT2D eigenvalue weighted by atomic mass is 28.4. The summed E-state index contributed by atoms with van der Waals surface area (Å²) in [4.78, 5) is 11.0. The normalized spacial score (nSPS) is 11.2. The fraction of sp³-hybridized carbons (Fsp3) is 0.700. The smallest absolute Gasteiger partial charge is 0.465 e. The molecule has 0 aliphatic carbocycles. The first kappa shape index (κ1) is 15.3. The van der Waals surface area contributed by atoms with Gasteiger partial charge >= 0.3 is 14.8 Å². The number of hydrogen-bond acceptors (Lipinski definition) is 5. The molecule has 0 atom stereocenters. The van der Waals surface area contributed by atoms with E-state index >= 15 is 0 Å². The molecule has 0 aliphatic heterocycles. The first-order chi connectivity index (χ1) is 7.64. The van der Waals surface area contributed by atoms with E-state index in [1.165, 1.54) is 6.08 Å². The summed E-state index contributed by atoms with van der Waals surface area (Å²) in [6.45, 7) is 3.80. The molecule has 6 heteroatoms. The lowest BCUT2D eigenvalue weighted by Gasteiger charge is -2.24. The molecular weight excluding hydrogens is 228 g/mol. The Morgan fingerprint density at radius 3 is 2.25 bits per heavy atom. The Bertz CT molecular complexity index is 207. The van der Waals surface area contributed by atoms with Crippen LogP contribution in [0.5, 0.6) is 0 Å². The number of carbonyl (C=O) groups is 1. The van der Waals surface area contributed by atoms with Crippen LogP contribution >= 0.6 is 0 Å². The summed E-state index contributed by atoms with van der Waals surface area (Å²) in [5.41, 5.74) is 0. The summed E-state index contributed by atoms with van der Waals surface area (Å²) in [6, 6.07) is 0.623. The Morgan fingerprint density at radius 1 is 1.25 bits per heavy atom. The Morgan fingerprint density at radius 2 is 1.81 bits per heavy atom. The molecule has 0 spiro atoms. The number of hydrogen-bond donors (Lipinski definition) is 0. The maximum absolute atomic E-state index is 11.0. The van der Waals surface area contributed by atoms with E-state index in [0.29, 0.717) is 19.1 Å². The predicted molar refractivity (Wildman–Crippen MR) is 62.0 cm³/mol. The molecule has 0 rings (SSSR count). The monoisotopic (exact) mass is 248 g/mol. The summed E-state index contributed by atoms with van der Waals surface area (Å²) >= 11 is 0. The van der Waals surface area contributed by atoms with Crippen molar-refractivity contribution in [2.45, 2.75) is 18.9 Å². The predicted octanol–water partition coefficient (Wildman–Crippen LogP) is 1.37. The number of esters is 1. The summed E-state index contributed by atoms with van der Waals surface area (Å²) in [6.07, 6.45) is 2.41. The van der Waals surface area contributed by atoms with E-state index < -0.39 is 8.80 Å². The third-order valence-corrected chi connectivity index (χ3v) is 4.97. The second kappa shape index (κ2) is 8.46. The molecule has 0 fully saturated rings. The minimum absolute atomic E-state index is 0.238. The maximum atomic E-state index is 11.0. The summed E-state index contributed by atoms with van der Waals surface area (Å²) < 4.78 is 20.6. The van der Waals surface area contributed by atoms with Gasteiger partial charge in [0.1, 0.15) is 0 Å². The van der Waals surface area contributed by atoms with Gasteiger partial charge in [0.2, 0.25) is 0 Å². The fourth-order valence-corrected chi connectivity index (χ4v) is 2.90. The highest BCUT2D eigenvalue weighted by Gasteiger charge is 2.36. The van der Waals surface area contributed by atoms with E-state index in [0.717, 1.165) is 0 Å². The van der Waals surface area contributed by atoms with Gasteiger partial charge in [-0.05, 0) is 6.42 Å². The molecule has 0 amide bonds. The van der Waals surface area contributed by atoms with Gasteiger partial charge in [0.05, 0.1) is 13.0 Å². The van der Waals surface area contributed by atoms with E-state index in [1.807, 2.05) is 0 Å². The molecule has 94 valence electrons. The van der Waals surface area contributed by atoms with Crippen LogP contribution in [0.25, 0.3) is 0 Å². The molecule has 0 saturated carbocycles. The van der Waals surface area contributed by atoms with Gasteiger partial charge < -0.3 is 18.0 Å². The lowest BCUT2D eigenvalue weighted by Crippen LogP contribution is -2.42. The van der Waals surface area contributed by atoms with Crippen LogP contribution in [0.4, 0.5) is 0 Å². The standard InChI is InChI=1S/C10H20O5Si/c1-5-7-10(11)15-8-6-9-16(12-2,13-3)14-4/h5H,1,6-9H2,2-4H3. The second-order valence-electron chi connectivity index (χ2n) is 3.11. The summed E-state index contributed by atoms with van der Waals surface area (Å²) in [7, 11) is 2.16. The molecule has 0 aromatic heterocycles. The zero-order chi connectivity index (χ0) is 12.4. The van der Waals surface area contributed by atoms with Gasteiger partial charge in [-0.15, -0.1) is 6.58 Å². The first-order valence-corrected chi connectivity index (χ1v) is 6.99. The molecule has 0 aromatic rings. The fourth-order valence-electron chi connectivity index (χ4n) is 1.21. The Balaban J connectivity index is 3.78. The number of carbonyl (C=O) groups excluding carboxylic acids is 1. The molecule has 0 bridgehead atoms. The molecule has 0 N–H and O–H groups in total. The molecule has 0 unspecified atom stereocenters. The van der Waals surface area contributed by atoms with Crippen LogP contribution in [0.3, 0.4) is 0 Å². The van der Waals surface area contributed by atoms with Crippen molar-refractivity contribution < 1.29 is 22.8 Å². The second-order valence-corrected chi connectivity index (χ2v) is 6.20. The molecule has 0 aromatic carbocycles. The van der Waals surface area contributed by atoms with Crippen molar-refractivity contribution >= 4 is 14.8 Å². The van der Waals surface area contributed by atoms with Gasteiger partial charge in [-0.1, -0.05) is 6.08 Å². The Hall–Kier alpha value is -0.693. The zero-order valence-electron chi connectivity index (χ0n) is 10.2. The molecule has 0 aliphatic rings. The zero-order valence-corrected chi connectivity index (χ0v) is 11.2. The van der Waals surface area contributed by atoms with Crippen LogP contribution in [0.2, 0.25) is 6.04 Å². The number of rotatable bonds is 9. The lowest BCUT2D eigenvalue weighted by molar-refractivity contribution is -0.142. The van der Waals surface area contributed by atoms with Gasteiger partial charge in [-0.2, -0.15) is 0 Å². The van der Waals surface area contributed by atoms with Crippen molar-refractivity contribution in [2.75, 3.05) is 27.9 Å². The van der Waals surface area contributed by atoms with Crippen molar-refractivity contribution in [1.82, 2.24) is 0 Å². The molecule has 16 heavy (non-hydrogen) atoms. The van der Waals surface area contributed by atoms with Crippen LogP contribution in [0.15, 0.2) is 12.7 Å². The SMILES string of the molecule is C=CCC(=O)OCCC[Si](OC)(OC)OC. The largest absolute Gasteiger partial charge is 0.500 e. The first-order valence-electron chi connectivity index (χ1n) is 5.06. The van der Waals surface area contributed by atoms with Crippen molar-refractivity contribution in [2.24, 2.45) is 0 Å². The minimum atomic E-state index is -2.52. The highest BCUT2D eigenvalue weighted by Crippen LogP contribution is 2.14. The summed E-state index contributed by atoms with van der Waals surface area (Å²) in [5, 5.41) is 0. The molecule has 0 heterocycles. The Labute approximate surface area is 97.7 Å². The third kappa shape index (κ3) is 5.41. The van der Waals surface area contributed by atoms with E-state index in [9.17, 15) is 4.79 Å². The van der Waals surface area contributed by atoms with Crippen LogP contribution in [-0.2, 0) is 22.8 Å². The van der Waals surface area contributed by atoms with Crippen molar-refractivity contribution in [3.8, 4) is 0 Å². The van der Waals surface area contributed by atoms with E-state index in [2.05, 4.69) is 6.58 Å². The Kier molecular flexibility index (Phi) is 8.09. The van der Waals surface area contributed by atoms with E-state index in [4.69, 9.17) is 18.0 Å². The van der Waals surface area contributed by atoms with Crippen LogP contribution < -0.4 is 0 Å².